The van der Waals surface area contributed by atoms with Gasteiger partial charge in [-0.05, 0) is 32.6 Å². The zero-order valence-corrected chi connectivity index (χ0v) is 10.7. The number of nitrogens with one attached hydrogen (secondary N) is 1. The van der Waals surface area contributed by atoms with E-state index >= 15 is 0 Å². The zero-order chi connectivity index (χ0) is 12.1. The summed E-state index contributed by atoms with van der Waals surface area (Å²) in [7, 11) is 0. The molecule has 0 spiro atoms. The third-order valence-electron chi connectivity index (χ3n) is 3.55. The smallest absolute Gasteiger partial charge is 0.108 e. The summed E-state index contributed by atoms with van der Waals surface area (Å²) in [6.45, 7) is 5.86. The first-order chi connectivity index (χ1) is 8.31. The molecule has 17 heavy (non-hydrogen) atoms. The van der Waals surface area contributed by atoms with E-state index in [-0.39, 0.29) is 6.04 Å². The van der Waals surface area contributed by atoms with Crippen LogP contribution in [-0.2, 0) is 4.74 Å². The molecule has 1 aliphatic carbocycles. The van der Waals surface area contributed by atoms with Gasteiger partial charge in [-0.2, -0.15) is 5.26 Å². The van der Waals surface area contributed by atoms with Crippen LogP contribution in [0.15, 0.2) is 0 Å². The summed E-state index contributed by atoms with van der Waals surface area (Å²) in [5, 5.41) is 12.5. The molecule has 0 aromatic carbocycles. The predicted molar refractivity (Wildman–Crippen MR) is 66.6 cm³/mol. The van der Waals surface area contributed by atoms with Crippen molar-refractivity contribution in [1.82, 2.24) is 10.2 Å². The third kappa shape index (κ3) is 4.27. The Labute approximate surface area is 104 Å². The summed E-state index contributed by atoms with van der Waals surface area (Å²) in [5.74, 6) is 0. The number of nitrogens with zero attached hydrogens (tertiary/aromatic N) is 2. The Kier molecular flexibility index (Phi) is 4.78. The van der Waals surface area contributed by atoms with Crippen LogP contribution < -0.4 is 5.32 Å². The average molecular weight is 237 g/mol. The number of hydrogen-bond donors (Lipinski definition) is 1. The Morgan fingerprint density at radius 3 is 2.59 bits per heavy atom. The molecule has 1 heterocycles. The lowest BCUT2D eigenvalue weighted by atomic mass is 10.1. The van der Waals surface area contributed by atoms with E-state index in [1.807, 2.05) is 0 Å². The molecular formula is C13H23N3O. The Morgan fingerprint density at radius 1 is 1.35 bits per heavy atom. The lowest BCUT2D eigenvalue weighted by molar-refractivity contribution is 0.0134. The van der Waals surface area contributed by atoms with Crippen molar-refractivity contribution >= 4 is 0 Å². The minimum Gasteiger partial charge on any atom is -0.378 e. The van der Waals surface area contributed by atoms with E-state index in [2.05, 4.69) is 23.2 Å². The minimum absolute atomic E-state index is 0.00569. The van der Waals surface area contributed by atoms with Crippen LogP contribution in [0.5, 0.6) is 0 Å². The summed E-state index contributed by atoms with van der Waals surface area (Å²) in [5.41, 5.74) is 0. The van der Waals surface area contributed by atoms with Crippen molar-refractivity contribution in [2.45, 2.75) is 50.8 Å². The van der Waals surface area contributed by atoms with Crippen LogP contribution in [0.1, 0.15) is 32.6 Å². The monoisotopic (exact) mass is 237 g/mol. The molecule has 4 nitrogen and oxygen atoms in total. The van der Waals surface area contributed by atoms with Crippen molar-refractivity contribution < 1.29 is 4.74 Å². The van der Waals surface area contributed by atoms with Gasteiger partial charge in [0, 0.05) is 32.3 Å². The van der Waals surface area contributed by atoms with Crippen LogP contribution >= 0.6 is 0 Å². The van der Waals surface area contributed by atoms with Gasteiger partial charge in [0.05, 0.1) is 12.2 Å². The van der Waals surface area contributed by atoms with Crippen molar-refractivity contribution in [1.29, 1.82) is 5.26 Å². The number of nitriles is 1. The van der Waals surface area contributed by atoms with Gasteiger partial charge in [0.15, 0.2) is 0 Å². The molecule has 2 fully saturated rings. The van der Waals surface area contributed by atoms with E-state index < -0.39 is 0 Å². The first-order valence-corrected chi connectivity index (χ1v) is 6.81. The molecule has 1 atom stereocenters. The zero-order valence-electron chi connectivity index (χ0n) is 10.7. The molecule has 0 aromatic heterocycles. The Morgan fingerprint density at radius 2 is 2.06 bits per heavy atom. The molecule has 96 valence electrons. The van der Waals surface area contributed by atoms with Crippen molar-refractivity contribution in [3.05, 3.63) is 0 Å². The molecule has 1 aliphatic heterocycles. The minimum atomic E-state index is 0.00569. The second-order valence-corrected chi connectivity index (χ2v) is 5.08. The molecule has 2 aliphatic rings. The van der Waals surface area contributed by atoms with Crippen LogP contribution in [0.25, 0.3) is 0 Å². The second-order valence-electron chi connectivity index (χ2n) is 5.08. The van der Waals surface area contributed by atoms with Gasteiger partial charge in [-0.3, -0.25) is 5.32 Å². The highest BCUT2D eigenvalue weighted by molar-refractivity contribution is 4.97. The van der Waals surface area contributed by atoms with E-state index in [4.69, 9.17) is 10.00 Å². The third-order valence-corrected chi connectivity index (χ3v) is 3.55. The summed E-state index contributed by atoms with van der Waals surface area (Å²) in [6, 6.07) is 2.99. The fraction of sp³-hybridized carbons (Fsp3) is 0.923. The van der Waals surface area contributed by atoms with Gasteiger partial charge >= 0.3 is 0 Å². The average Bonchev–Trinajstić information content (AvgIpc) is 3.15. The molecular weight excluding hydrogens is 214 g/mol. The highest BCUT2D eigenvalue weighted by Gasteiger charge is 2.27. The van der Waals surface area contributed by atoms with Crippen LogP contribution in [0.2, 0.25) is 0 Å². The molecule has 1 unspecified atom stereocenters. The number of likely N-dealkylation sites (tertiary alicyclic amines) is 1. The first kappa shape index (κ1) is 12.8. The molecule has 0 radical (unpaired) electrons. The normalized spacial score (nSPS) is 24.5. The number of hydrogen-bond acceptors (Lipinski definition) is 4. The molecule has 1 saturated carbocycles. The molecule has 1 N–H and O–H groups in total. The Hall–Kier alpha value is -0.630. The highest BCUT2D eigenvalue weighted by atomic mass is 16.5. The van der Waals surface area contributed by atoms with Crippen LogP contribution in [0, 0.1) is 11.3 Å². The highest BCUT2D eigenvalue weighted by Crippen LogP contribution is 2.20. The number of ether oxygens (including phenoxy) is 1. The number of piperidine rings is 1. The van der Waals surface area contributed by atoms with Crippen LogP contribution in [-0.4, -0.2) is 49.3 Å². The standard InChI is InChI=1S/C13H23N3O/c1-2-17-13-5-7-16(8-6-13)10-12(9-14)15-11-3-4-11/h11-13,15H,2-8,10H2,1H3. The van der Waals surface area contributed by atoms with Crippen molar-refractivity contribution in [3.63, 3.8) is 0 Å². The summed E-state index contributed by atoms with van der Waals surface area (Å²) in [6.07, 6.45) is 5.13. The van der Waals surface area contributed by atoms with Gasteiger partial charge in [0.25, 0.3) is 0 Å². The second kappa shape index (κ2) is 6.34. The van der Waals surface area contributed by atoms with Crippen molar-refractivity contribution in [2.75, 3.05) is 26.2 Å². The Balaban J connectivity index is 1.67. The quantitative estimate of drug-likeness (QED) is 0.752. The van der Waals surface area contributed by atoms with Gasteiger partial charge in [0.1, 0.15) is 6.04 Å². The molecule has 0 amide bonds. The maximum Gasteiger partial charge on any atom is 0.108 e. The van der Waals surface area contributed by atoms with E-state index in [1.165, 1.54) is 12.8 Å². The van der Waals surface area contributed by atoms with Gasteiger partial charge < -0.3 is 9.64 Å². The van der Waals surface area contributed by atoms with Crippen LogP contribution in [0.4, 0.5) is 0 Å². The van der Waals surface area contributed by atoms with Gasteiger partial charge in [-0.25, -0.2) is 0 Å². The van der Waals surface area contributed by atoms with Crippen molar-refractivity contribution in [3.8, 4) is 6.07 Å². The fourth-order valence-electron chi connectivity index (χ4n) is 2.42. The van der Waals surface area contributed by atoms with Gasteiger partial charge in [-0.15, -0.1) is 0 Å². The SMILES string of the molecule is CCOC1CCN(CC(C#N)NC2CC2)CC1. The summed E-state index contributed by atoms with van der Waals surface area (Å²) >= 11 is 0. The largest absolute Gasteiger partial charge is 0.378 e. The fourth-order valence-corrected chi connectivity index (χ4v) is 2.42. The molecule has 2 rings (SSSR count). The predicted octanol–water partition coefficient (Wildman–Crippen LogP) is 1.13. The van der Waals surface area contributed by atoms with E-state index in [0.29, 0.717) is 12.1 Å². The lowest BCUT2D eigenvalue weighted by Gasteiger charge is -2.32. The maximum absolute atomic E-state index is 9.11. The Bertz CT molecular complexity index is 264. The van der Waals surface area contributed by atoms with E-state index in [1.54, 1.807) is 0 Å². The molecule has 0 aromatic rings. The molecule has 1 saturated heterocycles. The van der Waals surface area contributed by atoms with Crippen LogP contribution in [0.3, 0.4) is 0 Å². The van der Waals surface area contributed by atoms with Gasteiger partial charge in [0.2, 0.25) is 0 Å². The molecule has 0 bridgehead atoms. The van der Waals surface area contributed by atoms with E-state index in [0.717, 1.165) is 39.1 Å². The maximum atomic E-state index is 9.11. The summed E-state index contributed by atoms with van der Waals surface area (Å²) < 4.78 is 5.63. The van der Waals surface area contributed by atoms with E-state index in [9.17, 15) is 0 Å². The topological polar surface area (TPSA) is 48.3 Å². The molecule has 4 heteroatoms. The first-order valence-electron chi connectivity index (χ1n) is 6.81. The number of rotatable bonds is 6. The summed E-state index contributed by atoms with van der Waals surface area (Å²) in [4.78, 5) is 2.39. The lowest BCUT2D eigenvalue weighted by Crippen LogP contribution is -2.45. The van der Waals surface area contributed by atoms with Crippen molar-refractivity contribution in [2.24, 2.45) is 0 Å². The van der Waals surface area contributed by atoms with Gasteiger partial charge in [-0.1, -0.05) is 0 Å².